The van der Waals surface area contributed by atoms with E-state index in [-0.39, 0.29) is 24.5 Å². The summed E-state index contributed by atoms with van der Waals surface area (Å²) in [5.41, 5.74) is 0.725. The topological polar surface area (TPSA) is 46.2 Å². The Morgan fingerprint density at radius 2 is 2.00 bits per heavy atom. The average Bonchev–Trinajstić information content (AvgIpc) is 2.90. The van der Waals surface area contributed by atoms with Gasteiger partial charge in [0.1, 0.15) is 0 Å². The van der Waals surface area contributed by atoms with Crippen molar-refractivity contribution in [3.8, 4) is 0 Å². The number of hydrogen-bond acceptors (Lipinski definition) is 3. The van der Waals surface area contributed by atoms with Gasteiger partial charge in [0.05, 0.1) is 4.88 Å². The van der Waals surface area contributed by atoms with Crippen LogP contribution in [0.3, 0.4) is 0 Å². The van der Waals surface area contributed by atoms with E-state index < -0.39 is 0 Å². The second-order valence-corrected chi connectivity index (χ2v) is 5.82. The van der Waals surface area contributed by atoms with Crippen LogP contribution in [0.1, 0.15) is 22.5 Å². The fraction of sp³-hybridized carbons (Fsp3) is 0.143. The lowest BCUT2D eigenvalue weighted by atomic mass is 10.2. The van der Waals surface area contributed by atoms with Crippen molar-refractivity contribution in [2.45, 2.75) is 12.8 Å². The van der Waals surface area contributed by atoms with Crippen LogP contribution in [0.15, 0.2) is 46.3 Å². The standard InChI is InChI=1S/C14H12BrNO2S/c15-10-3-1-4-11(9-10)16-14(18)7-6-12(17)13-5-2-8-19-13/h1-5,8-9H,6-7H2,(H,16,18). The van der Waals surface area contributed by atoms with Crippen molar-refractivity contribution in [2.24, 2.45) is 0 Å². The molecule has 0 bridgehead atoms. The quantitative estimate of drug-likeness (QED) is 0.834. The number of amides is 1. The Balaban J connectivity index is 1.83. The maximum absolute atomic E-state index is 11.7. The Hall–Kier alpha value is -1.46. The van der Waals surface area contributed by atoms with E-state index in [1.165, 1.54) is 11.3 Å². The summed E-state index contributed by atoms with van der Waals surface area (Å²) in [5.74, 6) is -0.137. The van der Waals surface area contributed by atoms with E-state index in [2.05, 4.69) is 21.2 Å². The van der Waals surface area contributed by atoms with Crippen LogP contribution in [-0.4, -0.2) is 11.7 Å². The van der Waals surface area contributed by atoms with Gasteiger partial charge in [0.15, 0.2) is 5.78 Å². The van der Waals surface area contributed by atoms with Gasteiger partial charge < -0.3 is 5.32 Å². The zero-order chi connectivity index (χ0) is 13.7. The molecule has 1 aromatic heterocycles. The summed E-state index contributed by atoms with van der Waals surface area (Å²) in [6, 6.07) is 11.0. The van der Waals surface area contributed by atoms with E-state index >= 15 is 0 Å². The third kappa shape index (κ3) is 4.29. The van der Waals surface area contributed by atoms with Gasteiger partial charge >= 0.3 is 0 Å². The zero-order valence-corrected chi connectivity index (χ0v) is 12.5. The van der Waals surface area contributed by atoms with Crippen LogP contribution in [0, 0.1) is 0 Å². The second-order valence-electron chi connectivity index (χ2n) is 3.96. The van der Waals surface area contributed by atoms with Crippen molar-refractivity contribution in [1.82, 2.24) is 0 Å². The van der Waals surface area contributed by atoms with E-state index in [9.17, 15) is 9.59 Å². The average molecular weight is 338 g/mol. The number of ketones is 1. The normalized spacial score (nSPS) is 10.2. The Morgan fingerprint density at radius 3 is 2.68 bits per heavy atom. The van der Waals surface area contributed by atoms with E-state index in [0.29, 0.717) is 4.88 Å². The van der Waals surface area contributed by atoms with Gasteiger partial charge in [-0.05, 0) is 29.6 Å². The summed E-state index contributed by atoms with van der Waals surface area (Å²) < 4.78 is 0.903. The van der Waals surface area contributed by atoms with Crippen LogP contribution >= 0.6 is 27.3 Å². The van der Waals surface area contributed by atoms with Crippen molar-refractivity contribution < 1.29 is 9.59 Å². The Bertz CT molecular complexity index is 581. The number of anilines is 1. The molecule has 0 fully saturated rings. The SMILES string of the molecule is O=C(CCC(=O)c1cccs1)Nc1cccc(Br)c1. The van der Waals surface area contributed by atoms with Crippen molar-refractivity contribution in [1.29, 1.82) is 0 Å². The lowest BCUT2D eigenvalue weighted by Gasteiger charge is -2.04. The maximum atomic E-state index is 11.7. The van der Waals surface area contributed by atoms with Crippen LogP contribution in [0.2, 0.25) is 0 Å². The van der Waals surface area contributed by atoms with Crippen molar-refractivity contribution in [3.63, 3.8) is 0 Å². The van der Waals surface area contributed by atoms with E-state index in [0.717, 1.165) is 10.2 Å². The van der Waals surface area contributed by atoms with Crippen LogP contribution in [-0.2, 0) is 4.79 Å². The molecule has 1 N–H and O–H groups in total. The third-order valence-corrected chi connectivity index (χ3v) is 3.89. The number of benzene rings is 1. The summed E-state index contributed by atoms with van der Waals surface area (Å²) in [4.78, 5) is 24.2. The highest BCUT2D eigenvalue weighted by Crippen LogP contribution is 2.16. The molecule has 0 saturated heterocycles. The highest BCUT2D eigenvalue weighted by atomic mass is 79.9. The van der Waals surface area contributed by atoms with Gasteiger partial charge in [0.2, 0.25) is 5.91 Å². The molecule has 2 aromatic rings. The minimum absolute atomic E-state index is 0.0133. The largest absolute Gasteiger partial charge is 0.326 e. The molecule has 1 amide bonds. The molecular weight excluding hydrogens is 326 g/mol. The second kappa shape index (κ2) is 6.63. The molecule has 98 valence electrons. The monoisotopic (exact) mass is 337 g/mol. The Labute approximate surface area is 123 Å². The van der Waals surface area contributed by atoms with Crippen molar-refractivity contribution >= 4 is 44.6 Å². The third-order valence-electron chi connectivity index (χ3n) is 2.48. The first-order valence-electron chi connectivity index (χ1n) is 5.77. The summed E-state index contributed by atoms with van der Waals surface area (Å²) in [5, 5.41) is 4.62. The summed E-state index contributed by atoms with van der Waals surface area (Å²) in [6.45, 7) is 0. The van der Waals surface area contributed by atoms with Crippen LogP contribution < -0.4 is 5.32 Å². The Morgan fingerprint density at radius 1 is 1.16 bits per heavy atom. The Kier molecular flexibility index (Phi) is 4.87. The molecule has 0 spiro atoms. The van der Waals surface area contributed by atoms with Crippen LogP contribution in [0.25, 0.3) is 0 Å². The van der Waals surface area contributed by atoms with Crippen LogP contribution in [0.4, 0.5) is 5.69 Å². The summed E-state index contributed by atoms with van der Waals surface area (Å²) >= 11 is 4.74. The smallest absolute Gasteiger partial charge is 0.224 e. The van der Waals surface area contributed by atoms with Crippen molar-refractivity contribution in [3.05, 3.63) is 51.1 Å². The van der Waals surface area contributed by atoms with Gasteiger partial charge in [-0.3, -0.25) is 9.59 Å². The molecule has 0 saturated carbocycles. The first-order valence-corrected chi connectivity index (χ1v) is 7.44. The van der Waals surface area contributed by atoms with Gasteiger partial charge in [-0.25, -0.2) is 0 Å². The van der Waals surface area contributed by atoms with E-state index in [4.69, 9.17) is 0 Å². The molecule has 2 rings (SSSR count). The van der Waals surface area contributed by atoms with Crippen LogP contribution in [0.5, 0.6) is 0 Å². The molecule has 5 heteroatoms. The molecule has 0 aliphatic carbocycles. The summed E-state index contributed by atoms with van der Waals surface area (Å²) in [6.07, 6.45) is 0.434. The van der Waals surface area contributed by atoms with Gasteiger partial charge in [0, 0.05) is 23.0 Å². The van der Waals surface area contributed by atoms with E-state index in [1.807, 2.05) is 35.7 Å². The highest BCUT2D eigenvalue weighted by Gasteiger charge is 2.10. The number of thiophene rings is 1. The molecule has 0 atom stereocenters. The molecule has 0 aliphatic rings. The minimum Gasteiger partial charge on any atom is -0.326 e. The number of rotatable bonds is 5. The highest BCUT2D eigenvalue weighted by molar-refractivity contribution is 9.10. The zero-order valence-electron chi connectivity index (χ0n) is 10.1. The number of halogens is 1. The predicted octanol–water partition coefficient (Wildman–Crippen LogP) is 4.11. The predicted molar refractivity (Wildman–Crippen MR) is 80.7 cm³/mol. The molecule has 0 aliphatic heterocycles. The van der Waals surface area contributed by atoms with Gasteiger partial charge in [-0.1, -0.05) is 28.1 Å². The number of nitrogens with one attached hydrogen (secondary N) is 1. The number of carbonyl (C=O) groups excluding carboxylic acids is 2. The fourth-order valence-electron chi connectivity index (χ4n) is 1.58. The first kappa shape index (κ1) is 14.0. The number of Topliss-reactive ketones (excluding diaryl/α,β-unsaturated/α-hetero) is 1. The molecule has 1 heterocycles. The molecule has 1 aromatic carbocycles. The molecular formula is C14H12BrNO2S. The maximum Gasteiger partial charge on any atom is 0.224 e. The molecule has 0 radical (unpaired) electrons. The van der Waals surface area contributed by atoms with Gasteiger partial charge in [-0.15, -0.1) is 11.3 Å². The fourth-order valence-corrected chi connectivity index (χ4v) is 2.67. The van der Waals surface area contributed by atoms with Crippen molar-refractivity contribution in [2.75, 3.05) is 5.32 Å². The van der Waals surface area contributed by atoms with Gasteiger partial charge in [-0.2, -0.15) is 0 Å². The number of hydrogen-bond donors (Lipinski definition) is 1. The lowest BCUT2D eigenvalue weighted by molar-refractivity contribution is -0.116. The summed E-state index contributed by atoms with van der Waals surface area (Å²) in [7, 11) is 0. The molecule has 3 nitrogen and oxygen atoms in total. The molecule has 19 heavy (non-hydrogen) atoms. The van der Waals surface area contributed by atoms with E-state index in [1.54, 1.807) is 6.07 Å². The lowest BCUT2D eigenvalue weighted by Crippen LogP contribution is -2.13. The molecule has 0 unspecified atom stereocenters. The first-order chi connectivity index (χ1) is 9.15. The van der Waals surface area contributed by atoms with Gasteiger partial charge in [0.25, 0.3) is 0 Å². The minimum atomic E-state index is -0.150. The number of carbonyl (C=O) groups is 2.